The molecule has 0 spiro atoms. The maximum atomic E-state index is 5.60. The fourth-order valence-corrected chi connectivity index (χ4v) is 1.61. The molecule has 0 amide bonds. The van der Waals surface area contributed by atoms with Crippen LogP contribution in [0.4, 0.5) is 5.82 Å². The number of aryl methyl sites for hydroxylation is 2. The van der Waals surface area contributed by atoms with Crippen LogP contribution in [-0.4, -0.2) is 27.3 Å². The number of anilines is 1. The Bertz CT molecular complexity index is 538. The zero-order chi connectivity index (χ0) is 13.1. The Morgan fingerprint density at radius 2 is 2.06 bits per heavy atom. The van der Waals surface area contributed by atoms with Crippen molar-refractivity contribution < 1.29 is 4.63 Å². The van der Waals surface area contributed by atoms with Crippen molar-refractivity contribution in [1.29, 1.82) is 0 Å². The summed E-state index contributed by atoms with van der Waals surface area (Å²) in [6.45, 7) is 4.68. The van der Waals surface area contributed by atoms with Crippen LogP contribution in [0.25, 0.3) is 0 Å². The van der Waals surface area contributed by atoms with E-state index < -0.39 is 0 Å². The molecule has 0 aliphatic carbocycles. The summed E-state index contributed by atoms with van der Waals surface area (Å²) in [7, 11) is 1.93. The molecule has 2 rings (SSSR count). The minimum Gasteiger partial charge on any atom is -0.353 e. The van der Waals surface area contributed by atoms with E-state index in [4.69, 9.17) is 5.73 Å². The number of hydrogen-bond acceptors (Lipinski definition) is 7. The van der Waals surface area contributed by atoms with Gasteiger partial charge in [0.05, 0.1) is 12.2 Å². The summed E-state index contributed by atoms with van der Waals surface area (Å²) in [5.74, 6) is 1.51. The van der Waals surface area contributed by atoms with E-state index >= 15 is 0 Å². The van der Waals surface area contributed by atoms with E-state index in [2.05, 4.69) is 24.9 Å². The van der Waals surface area contributed by atoms with Gasteiger partial charge in [-0.3, -0.25) is 0 Å². The zero-order valence-electron chi connectivity index (χ0n) is 10.7. The molecule has 0 aromatic carbocycles. The molecule has 2 heterocycles. The minimum absolute atomic E-state index is 0.398. The van der Waals surface area contributed by atoms with Crippen molar-refractivity contribution in [3.63, 3.8) is 0 Å². The van der Waals surface area contributed by atoms with Crippen LogP contribution < -0.4 is 10.6 Å². The predicted molar refractivity (Wildman–Crippen MR) is 65.8 cm³/mol. The zero-order valence-corrected chi connectivity index (χ0v) is 10.7. The lowest BCUT2D eigenvalue weighted by Gasteiger charge is -2.17. The van der Waals surface area contributed by atoms with Crippen molar-refractivity contribution in [3.8, 4) is 0 Å². The molecule has 0 saturated carbocycles. The third-order valence-electron chi connectivity index (χ3n) is 2.61. The van der Waals surface area contributed by atoms with Crippen LogP contribution >= 0.6 is 0 Å². The van der Waals surface area contributed by atoms with Gasteiger partial charge in [-0.05, 0) is 13.8 Å². The van der Waals surface area contributed by atoms with E-state index in [9.17, 15) is 0 Å². The van der Waals surface area contributed by atoms with Gasteiger partial charge in [-0.1, -0.05) is 10.3 Å². The molecule has 0 aliphatic heterocycles. The molecule has 0 bridgehead atoms. The maximum absolute atomic E-state index is 5.60. The van der Waals surface area contributed by atoms with Gasteiger partial charge >= 0.3 is 0 Å². The summed E-state index contributed by atoms with van der Waals surface area (Å²) < 4.78 is 4.67. The first-order valence-corrected chi connectivity index (χ1v) is 5.64. The second-order valence-electron chi connectivity index (χ2n) is 4.12. The summed E-state index contributed by atoms with van der Waals surface area (Å²) in [6, 6.07) is 1.87. The van der Waals surface area contributed by atoms with Gasteiger partial charge in [-0.25, -0.2) is 14.6 Å². The first-order chi connectivity index (χ1) is 8.60. The van der Waals surface area contributed by atoms with Gasteiger partial charge in [-0.2, -0.15) is 0 Å². The lowest BCUT2D eigenvalue weighted by atomic mass is 10.3. The van der Waals surface area contributed by atoms with Gasteiger partial charge in [0.1, 0.15) is 23.0 Å². The molecule has 2 aromatic rings. The van der Waals surface area contributed by atoms with Crippen LogP contribution in [0.15, 0.2) is 10.7 Å². The minimum atomic E-state index is 0.398. The number of nitrogens with two attached hydrogens (primary N) is 1. The van der Waals surface area contributed by atoms with E-state index in [1.807, 2.05) is 31.9 Å². The second-order valence-corrected chi connectivity index (χ2v) is 4.12. The van der Waals surface area contributed by atoms with Gasteiger partial charge in [0.2, 0.25) is 0 Å². The Morgan fingerprint density at radius 3 is 2.67 bits per heavy atom. The van der Waals surface area contributed by atoms with Gasteiger partial charge in [0.25, 0.3) is 0 Å². The van der Waals surface area contributed by atoms with Crippen molar-refractivity contribution in [2.24, 2.45) is 5.73 Å². The van der Waals surface area contributed by atoms with E-state index in [1.54, 1.807) is 0 Å². The monoisotopic (exact) mass is 248 g/mol. The lowest BCUT2D eigenvalue weighted by molar-refractivity contribution is 0.301. The van der Waals surface area contributed by atoms with Crippen molar-refractivity contribution >= 4 is 5.82 Å². The maximum Gasteiger partial charge on any atom is 0.132 e. The van der Waals surface area contributed by atoms with Crippen LogP contribution in [0.1, 0.15) is 22.9 Å². The average Bonchev–Trinajstić information content (AvgIpc) is 2.74. The fourth-order valence-electron chi connectivity index (χ4n) is 1.61. The molecule has 2 aromatic heterocycles. The molecule has 0 aliphatic rings. The summed E-state index contributed by atoms with van der Waals surface area (Å²) in [6.07, 6.45) is 0. The standard InChI is InChI=1S/C11H16N6O/c1-7-10(16-18-15-7)6-17(3)11-4-9(5-12)13-8(2)14-11/h4H,5-6,12H2,1-3H3. The lowest BCUT2D eigenvalue weighted by Crippen LogP contribution is -2.20. The highest BCUT2D eigenvalue weighted by Gasteiger charge is 2.11. The number of rotatable bonds is 4. The van der Waals surface area contributed by atoms with E-state index in [-0.39, 0.29) is 0 Å². The SMILES string of the molecule is Cc1nc(CN)cc(N(C)Cc2nonc2C)n1. The highest BCUT2D eigenvalue weighted by Crippen LogP contribution is 2.14. The van der Waals surface area contributed by atoms with Crippen LogP contribution in [0.2, 0.25) is 0 Å². The molecule has 0 fully saturated rings. The van der Waals surface area contributed by atoms with Crippen LogP contribution in [0, 0.1) is 13.8 Å². The summed E-state index contributed by atoms with van der Waals surface area (Å²) in [5.41, 5.74) is 8.00. The summed E-state index contributed by atoms with van der Waals surface area (Å²) in [5, 5.41) is 7.60. The van der Waals surface area contributed by atoms with Crippen molar-refractivity contribution in [1.82, 2.24) is 20.3 Å². The predicted octanol–water partition coefficient (Wildman–Crippen LogP) is 0.572. The summed E-state index contributed by atoms with van der Waals surface area (Å²) >= 11 is 0. The van der Waals surface area contributed by atoms with Gasteiger partial charge in [-0.15, -0.1) is 0 Å². The Kier molecular flexibility index (Phi) is 3.52. The van der Waals surface area contributed by atoms with Gasteiger partial charge in [0.15, 0.2) is 0 Å². The molecule has 0 saturated heterocycles. The number of hydrogen-bond donors (Lipinski definition) is 1. The second kappa shape index (κ2) is 5.09. The van der Waals surface area contributed by atoms with E-state index in [0.29, 0.717) is 18.9 Å². The van der Waals surface area contributed by atoms with Crippen molar-refractivity contribution in [2.45, 2.75) is 26.9 Å². The highest BCUT2D eigenvalue weighted by atomic mass is 16.6. The first-order valence-electron chi connectivity index (χ1n) is 5.64. The molecule has 18 heavy (non-hydrogen) atoms. The average molecular weight is 248 g/mol. The number of aromatic nitrogens is 4. The molecular formula is C11H16N6O. The molecule has 2 N–H and O–H groups in total. The molecule has 7 heteroatoms. The Morgan fingerprint density at radius 1 is 1.28 bits per heavy atom. The van der Waals surface area contributed by atoms with Crippen LogP contribution in [0.3, 0.4) is 0 Å². The quantitative estimate of drug-likeness (QED) is 0.845. The van der Waals surface area contributed by atoms with Crippen LogP contribution in [0.5, 0.6) is 0 Å². The molecule has 0 radical (unpaired) electrons. The third kappa shape index (κ3) is 2.62. The fraction of sp³-hybridized carbons (Fsp3) is 0.455. The number of nitrogens with zero attached hydrogens (tertiary/aromatic N) is 5. The van der Waals surface area contributed by atoms with Crippen molar-refractivity contribution in [2.75, 3.05) is 11.9 Å². The molecule has 0 atom stereocenters. The Balaban J connectivity index is 2.20. The molecule has 0 unspecified atom stereocenters. The largest absolute Gasteiger partial charge is 0.353 e. The summed E-state index contributed by atoms with van der Waals surface area (Å²) in [4.78, 5) is 10.6. The van der Waals surface area contributed by atoms with E-state index in [1.165, 1.54) is 0 Å². The topological polar surface area (TPSA) is 94.0 Å². The Hall–Kier alpha value is -2.02. The molecule has 96 valence electrons. The smallest absolute Gasteiger partial charge is 0.132 e. The highest BCUT2D eigenvalue weighted by molar-refractivity contribution is 5.39. The third-order valence-corrected chi connectivity index (χ3v) is 2.61. The molecular weight excluding hydrogens is 232 g/mol. The normalized spacial score (nSPS) is 10.7. The van der Waals surface area contributed by atoms with Crippen molar-refractivity contribution in [3.05, 3.63) is 29.0 Å². The molecule has 7 nitrogen and oxygen atoms in total. The first kappa shape index (κ1) is 12.4. The van der Waals surface area contributed by atoms with Gasteiger partial charge < -0.3 is 10.6 Å². The van der Waals surface area contributed by atoms with E-state index in [0.717, 1.165) is 22.9 Å². The van der Waals surface area contributed by atoms with Gasteiger partial charge in [0, 0.05) is 19.7 Å². The Labute approximate surface area is 105 Å². The van der Waals surface area contributed by atoms with Crippen LogP contribution in [-0.2, 0) is 13.1 Å².